The lowest BCUT2D eigenvalue weighted by Crippen LogP contribution is -2.28. The predicted molar refractivity (Wildman–Crippen MR) is 105 cm³/mol. The van der Waals surface area contributed by atoms with E-state index in [0.717, 1.165) is 34.6 Å². The molecule has 0 saturated carbocycles. The Bertz CT molecular complexity index is 825. The summed E-state index contributed by atoms with van der Waals surface area (Å²) in [6, 6.07) is 17.6. The number of H-pyrrole nitrogens is 1. The largest absolute Gasteiger partial charge is 0.343 e. The number of nitrogens with one attached hydrogen (secondary N) is 2. The van der Waals surface area contributed by atoms with E-state index in [1.807, 2.05) is 60.7 Å². The number of hydrogen-bond donors (Lipinski definition) is 2. The molecule has 0 aliphatic rings. The molecule has 128 valence electrons. The SMILES string of the molecule is CSCC[C@H](NC(=O)C=Cc1ccccc1)c1nc2ccccc2[nH]1. The minimum absolute atomic E-state index is 0.115. The van der Waals surface area contributed by atoms with Gasteiger partial charge in [-0.2, -0.15) is 11.8 Å². The van der Waals surface area contributed by atoms with E-state index in [-0.39, 0.29) is 11.9 Å². The Hall–Kier alpha value is -2.53. The Kier molecular flexibility index (Phi) is 5.90. The minimum Gasteiger partial charge on any atom is -0.343 e. The van der Waals surface area contributed by atoms with E-state index < -0.39 is 0 Å². The molecular weight excluding hydrogens is 330 g/mol. The van der Waals surface area contributed by atoms with E-state index in [1.54, 1.807) is 17.8 Å². The van der Waals surface area contributed by atoms with Crippen LogP contribution in [0.2, 0.25) is 0 Å². The summed E-state index contributed by atoms with van der Waals surface area (Å²) in [5.74, 6) is 1.64. The van der Waals surface area contributed by atoms with Gasteiger partial charge in [0.1, 0.15) is 5.82 Å². The number of rotatable bonds is 7. The summed E-state index contributed by atoms with van der Waals surface area (Å²) < 4.78 is 0. The minimum atomic E-state index is -0.132. The zero-order chi connectivity index (χ0) is 17.5. The second-order valence-corrected chi connectivity index (χ2v) is 6.71. The van der Waals surface area contributed by atoms with Crippen molar-refractivity contribution < 1.29 is 4.79 Å². The van der Waals surface area contributed by atoms with Crippen LogP contribution < -0.4 is 5.32 Å². The van der Waals surface area contributed by atoms with Crippen molar-refractivity contribution in [2.45, 2.75) is 12.5 Å². The van der Waals surface area contributed by atoms with Gasteiger partial charge in [-0.3, -0.25) is 4.79 Å². The fraction of sp³-hybridized carbons (Fsp3) is 0.200. The van der Waals surface area contributed by atoms with Crippen molar-refractivity contribution in [2.24, 2.45) is 0 Å². The van der Waals surface area contributed by atoms with Crippen LogP contribution in [0, 0.1) is 0 Å². The molecule has 1 aromatic heterocycles. The van der Waals surface area contributed by atoms with Gasteiger partial charge in [-0.05, 0) is 42.2 Å². The summed E-state index contributed by atoms with van der Waals surface area (Å²) in [4.78, 5) is 20.3. The first-order valence-electron chi connectivity index (χ1n) is 8.23. The number of carbonyl (C=O) groups is 1. The summed E-state index contributed by atoms with van der Waals surface area (Å²) in [6.45, 7) is 0. The Morgan fingerprint density at radius 2 is 1.96 bits per heavy atom. The highest BCUT2D eigenvalue weighted by atomic mass is 32.2. The van der Waals surface area contributed by atoms with Crippen molar-refractivity contribution in [2.75, 3.05) is 12.0 Å². The Balaban J connectivity index is 1.74. The second-order valence-electron chi connectivity index (χ2n) is 5.73. The molecule has 0 bridgehead atoms. The number of aromatic amines is 1. The van der Waals surface area contributed by atoms with Crippen LogP contribution >= 0.6 is 11.8 Å². The monoisotopic (exact) mass is 351 g/mol. The van der Waals surface area contributed by atoms with Crippen LogP contribution in [0.5, 0.6) is 0 Å². The average molecular weight is 351 g/mol. The third kappa shape index (κ3) is 4.73. The van der Waals surface area contributed by atoms with Gasteiger partial charge in [0, 0.05) is 6.08 Å². The van der Waals surface area contributed by atoms with Gasteiger partial charge < -0.3 is 10.3 Å². The first-order valence-corrected chi connectivity index (χ1v) is 9.63. The zero-order valence-corrected chi connectivity index (χ0v) is 14.9. The van der Waals surface area contributed by atoms with E-state index >= 15 is 0 Å². The van der Waals surface area contributed by atoms with Gasteiger partial charge in [0.05, 0.1) is 17.1 Å². The first-order chi connectivity index (χ1) is 12.3. The van der Waals surface area contributed by atoms with Crippen molar-refractivity contribution in [3.8, 4) is 0 Å². The predicted octanol–water partition coefficient (Wildman–Crippen LogP) is 4.19. The maximum absolute atomic E-state index is 12.3. The molecule has 1 heterocycles. The van der Waals surface area contributed by atoms with Crippen LogP contribution in [0.1, 0.15) is 23.9 Å². The van der Waals surface area contributed by atoms with E-state index in [2.05, 4.69) is 21.5 Å². The molecule has 3 aromatic rings. The van der Waals surface area contributed by atoms with Gasteiger partial charge in [0.25, 0.3) is 0 Å². The number of aromatic nitrogens is 2. The molecule has 0 aliphatic heterocycles. The normalized spacial score (nSPS) is 12.5. The number of hydrogen-bond acceptors (Lipinski definition) is 3. The first kappa shape index (κ1) is 17.3. The highest BCUT2D eigenvalue weighted by Gasteiger charge is 2.17. The Morgan fingerprint density at radius 1 is 1.20 bits per heavy atom. The van der Waals surface area contributed by atoms with Crippen molar-refractivity contribution >= 4 is 34.8 Å². The summed E-state index contributed by atoms with van der Waals surface area (Å²) >= 11 is 1.76. The van der Waals surface area contributed by atoms with Crippen LogP contribution in [-0.4, -0.2) is 27.9 Å². The lowest BCUT2D eigenvalue weighted by molar-refractivity contribution is -0.117. The topological polar surface area (TPSA) is 57.8 Å². The Morgan fingerprint density at radius 3 is 2.72 bits per heavy atom. The number of fused-ring (bicyclic) bond motifs is 1. The summed E-state index contributed by atoms with van der Waals surface area (Å²) in [6.07, 6.45) is 6.28. The Labute approximate surface area is 151 Å². The van der Waals surface area contributed by atoms with Gasteiger partial charge >= 0.3 is 0 Å². The molecule has 0 unspecified atom stereocenters. The van der Waals surface area contributed by atoms with Crippen LogP contribution in [0.4, 0.5) is 0 Å². The fourth-order valence-corrected chi connectivity index (χ4v) is 3.08. The standard InChI is InChI=1S/C20H21N3OS/c1-25-14-13-18(20-22-16-9-5-6-10-17(16)23-20)21-19(24)12-11-15-7-3-2-4-8-15/h2-12,18H,13-14H2,1H3,(H,21,24)(H,22,23)/t18-/m0/s1. The third-order valence-corrected chi connectivity index (χ3v) is 4.54. The molecule has 0 fully saturated rings. The molecule has 2 N–H and O–H groups in total. The third-order valence-electron chi connectivity index (χ3n) is 3.89. The van der Waals surface area contributed by atoms with E-state index in [0.29, 0.717) is 0 Å². The number of nitrogens with zero attached hydrogens (tertiary/aromatic N) is 1. The van der Waals surface area contributed by atoms with Gasteiger partial charge in [-0.25, -0.2) is 4.98 Å². The number of para-hydroxylation sites is 2. The molecule has 25 heavy (non-hydrogen) atoms. The van der Waals surface area contributed by atoms with Crippen molar-refractivity contribution in [3.05, 3.63) is 72.1 Å². The van der Waals surface area contributed by atoms with Gasteiger partial charge in [0.15, 0.2) is 0 Å². The lowest BCUT2D eigenvalue weighted by Gasteiger charge is -2.15. The van der Waals surface area contributed by atoms with E-state index in [4.69, 9.17) is 0 Å². The van der Waals surface area contributed by atoms with E-state index in [1.165, 1.54) is 0 Å². The summed E-state index contributed by atoms with van der Waals surface area (Å²) in [5, 5.41) is 3.07. The number of thioether (sulfide) groups is 1. The molecule has 0 saturated heterocycles. The average Bonchev–Trinajstić information content (AvgIpc) is 3.08. The molecule has 5 heteroatoms. The van der Waals surface area contributed by atoms with Crippen LogP contribution in [0.25, 0.3) is 17.1 Å². The molecule has 2 aromatic carbocycles. The van der Waals surface area contributed by atoms with Gasteiger partial charge in [-0.1, -0.05) is 42.5 Å². The van der Waals surface area contributed by atoms with Crippen LogP contribution in [0.15, 0.2) is 60.7 Å². The van der Waals surface area contributed by atoms with E-state index in [9.17, 15) is 4.79 Å². The van der Waals surface area contributed by atoms with Crippen LogP contribution in [-0.2, 0) is 4.79 Å². The maximum atomic E-state index is 12.3. The number of benzene rings is 2. The highest BCUT2D eigenvalue weighted by molar-refractivity contribution is 7.98. The van der Waals surface area contributed by atoms with Gasteiger partial charge in [0.2, 0.25) is 5.91 Å². The van der Waals surface area contributed by atoms with Crippen LogP contribution in [0.3, 0.4) is 0 Å². The zero-order valence-electron chi connectivity index (χ0n) is 14.1. The van der Waals surface area contributed by atoms with Gasteiger partial charge in [-0.15, -0.1) is 0 Å². The molecule has 1 amide bonds. The van der Waals surface area contributed by atoms with Crippen molar-refractivity contribution in [1.29, 1.82) is 0 Å². The number of imidazole rings is 1. The summed E-state index contributed by atoms with van der Waals surface area (Å²) in [5.41, 5.74) is 2.91. The molecule has 3 rings (SSSR count). The molecule has 1 atom stereocenters. The highest BCUT2D eigenvalue weighted by Crippen LogP contribution is 2.20. The number of carbonyl (C=O) groups excluding carboxylic acids is 1. The fourth-order valence-electron chi connectivity index (χ4n) is 2.61. The summed E-state index contributed by atoms with van der Waals surface area (Å²) in [7, 11) is 0. The maximum Gasteiger partial charge on any atom is 0.244 e. The second kappa shape index (κ2) is 8.53. The molecule has 0 radical (unpaired) electrons. The quantitative estimate of drug-likeness (QED) is 0.628. The molecule has 0 aliphatic carbocycles. The number of amides is 1. The molecular formula is C20H21N3OS. The van der Waals surface area contributed by atoms with Crippen molar-refractivity contribution in [1.82, 2.24) is 15.3 Å². The lowest BCUT2D eigenvalue weighted by atomic mass is 10.2. The smallest absolute Gasteiger partial charge is 0.244 e. The molecule has 4 nitrogen and oxygen atoms in total. The molecule has 0 spiro atoms. The van der Waals surface area contributed by atoms with Crippen molar-refractivity contribution in [3.63, 3.8) is 0 Å².